The predicted octanol–water partition coefficient (Wildman–Crippen LogP) is 1.27. The number of hydrogen-bond acceptors (Lipinski definition) is 7. The number of Topliss-reactive ketones (excluding diaryl/α,β-unsaturated/α-hetero) is 1. The molecule has 2 N–H and O–H groups in total. The van der Waals surface area contributed by atoms with Gasteiger partial charge < -0.3 is 14.8 Å². The van der Waals surface area contributed by atoms with Crippen LogP contribution in [-0.4, -0.2) is 43.4 Å². The molecule has 2 fully saturated rings. The van der Waals surface area contributed by atoms with Gasteiger partial charge in [-0.15, -0.1) is 0 Å². The summed E-state index contributed by atoms with van der Waals surface area (Å²) < 4.78 is 10.6. The fourth-order valence-corrected chi connectivity index (χ4v) is 5.45. The van der Waals surface area contributed by atoms with E-state index in [1.807, 2.05) is 0 Å². The molecule has 0 unspecified atom stereocenters. The van der Waals surface area contributed by atoms with Gasteiger partial charge >= 0.3 is 11.9 Å². The first kappa shape index (κ1) is 19.1. The van der Waals surface area contributed by atoms with E-state index in [2.05, 4.69) is 26.6 Å². The molecular weight excluding hydrogens is 432 g/mol. The average Bonchev–Trinajstić information content (AvgIpc) is 3.15. The summed E-state index contributed by atoms with van der Waals surface area (Å²) >= 11 is 3.37. The van der Waals surface area contributed by atoms with Crippen LogP contribution in [-0.2, 0) is 34.2 Å². The number of benzene rings is 1. The lowest BCUT2D eigenvalue weighted by Crippen LogP contribution is -2.63. The van der Waals surface area contributed by atoms with Crippen molar-refractivity contribution in [2.75, 3.05) is 19.5 Å². The number of methoxy groups -OCH3 is 2. The summed E-state index contributed by atoms with van der Waals surface area (Å²) in [5.41, 5.74) is -2.42. The van der Waals surface area contributed by atoms with Gasteiger partial charge in [-0.3, -0.25) is 14.9 Å². The van der Waals surface area contributed by atoms with Gasteiger partial charge in [0.1, 0.15) is 11.3 Å². The summed E-state index contributed by atoms with van der Waals surface area (Å²) in [4.78, 5) is 52.0. The Morgan fingerprint density at radius 1 is 1.18 bits per heavy atom. The third-order valence-electron chi connectivity index (χ3n) is 6.13. The minimum Gasteiger partial charge on any atom is -0.467 e. The molecule has 0 radical (unpaired) electrons. The zero-order chi connectivity index (χ0) is 20.3. The first-order valence-corrected chi connectivity index (χ1v) is 9.72. The molecule has 1 aliphatic carbocycles. The van der Waals surface area contributed by atoms with Crippen molar-refractivity contribution < 1.29 is 28.7 Å². The molecule has 3 atom stereocenters. The SMILES string of the molecule is COC(=O)C1(C(=O)OC)N[C@]2(C(=O)Nc3cc(Br)ccc32)[C@H]2C(=O)CCC[C@H]21. The van der Waals surface area contributed by atoms with Gasteiger partial charge in [0.2, 0.25) is 11.4 Å². The van der Waals surface area contributed by atoms with Crippen molar-refractivity contribution in [2.24, 2.45) is 11.8 Å². The minimum absolute atomic E-state index is 0.163. The maximum absolute atomic E-state index is 13.2. The normalized spacial score (nSPS) is 29.8. The Labute approximate surface area is 169 Å². The molecule has 9 heteroatoms. The van der Waals surface area contributed by atoms with Crippen molar-refractivity contribution in [1.82, 2.24) is 5.32 Å². The molecule has 1 spiro atoms. The van der Waals surface area contributed by atoms with Crippen LogP contribution in [0.4, 0.5) is 5.69 Å². The molecule has 0 bridgehead atoms. The number of anilines is 1. The first-order chi connectivity index (χ1) is 13.3. The van der Waals surface area contributed by atoms with Gasteiger partial charge in [0, 0.05) is 28.1 Å². The van der Waals surface area contributed by atoms with E-state index in [0.29, 0.717) is 24.1 Å². The highest BCUT2D eigenvalue weighted by Crippen LogP contribution is 2.56. The largest absolute Gasteiger partial charge is 0.467 e. The third-order valence-corrected chi connectivity index (χ3v) is 6.63. The fourth-order valence-electron chi connectivity index (χ4n) is 5.08. The highest BCUT2D eigenvalue weighted by atomic mass is 79.9. The number of halogens is 1. The molecule has 1 amide bonds. The topological polar surface area (TPSA) is 111 Å². The van der Waals surface area contributed by atoms with Crippen LogP contribution in [0.5, 0.6) is 0 Å². The maximum atomic E-state index is 13.2. The predicted molar refractivity (Wildman–Crippen MR) is 100 cm³/mol. The van der Waals surface area contributed by atoms with E-state index in [1.165, 1.54) is 14.2 Å². The Bertz CT molecular complexity index is 900. The third kappa shape index (κ3) is 2.20. The molecule has 3 aliphatic rings. The molecule has 1 saturated heterocycles. The van der Waals surface area contributed by atoms with Crippen molar-refractivity contribution >= 4 is 45.2 Å². The molecule has 28 heavy (non-hydrogen) atoms. The van der Waals surface area contributed by atoms with E-state index >= 15 is 0 Å². The molecule has 2 heterocycles. The average molecular weight is 451 g/mol. The molecule has 1 saturated carbocycles. The van der Waals surface area contributed by atoms with Gasteiger partial charge in [0.05, 0.1) is 20.1 Å². The lowest BCUT2D eigenvalue weighted by Gasteiger charge is -2.34. The molecule has 0 aromatic heterocycles. The number of carbonyl (C=O) groups is 4. The van der Waals surface area contributed by atoms with Crippen LogP contribution < -0.4 is 10.6 Å². The molecule has 4 rings (SSSR count). The van der Waals surface area contributed by atoms with Crippen LogP contribution in [0.2, 0.25) is 0 Å². The highest BCUT2D eigenvalue weighted by molar-refractivity contribution is 9.10. The number of rotatable bonds is 2. The van der Waals surface area contributed by atoms with E-state index in [-0.39, 0.29) is 12.2 Å². The van der Waals surface area contributed by atoms with Crippen molar-refractivity contribution in [1.29, 1.82) is 0 Å². The number of carbonyl (C=O) groups excluding carboxylic acids is 4. The van der Waals surface area contributed by atoms with E-state index in [1.54, 1.807) is 18.2 Å². The van der Waals surface area contributed by atoms with Crippen LogP contribution in [0.3, 0.4) is 0 Å². The number of esters is 2. The van der Waals surface area contributed by atoms with Gasteiger partial charge in [-0.05, 0) is 25.0 Å². The van der Waals surface area contributed by atoms with Gasteiger partial charge in [-0.25, -0.2) is 9.59 Å². The lowest BCUT2D eigenvalue weighted by molar-refractivity contribution is -0.166. The Kier molecular flexibility index (Phi) is 4.35. The summed E-state index contributed by atoms with van der Waals surface area (Å²) in [6, 6.07) is 5.19. The Balaban J connectivity index is 2.00. The van der Waals surface area contributed by atoms with Gasteiger partial charge in [-0.2, -0.15) is 0 Å². The lowest BCUT2D eigenvalue weighted by atomic mass is 9.65. The zero-order valence-corrected chi connectivity index (χ0v) is 16.9. The first-order valence-electron chi connectivity index (χ1n) is 8.93. The van der Waals surface area contributed by atoms with Gasteiger partial charge in [0.25, 0.3) is 0 Å². The van der Waals surface area contributed by atoms with Crippen LogP contribution in [0.25, 0.3) is 0 Å². The van der Waals surface area contributed by atoms with Crippen molar-refractivity contribution in [3.05, 3.63) is 28.2 Å². The van der Waals surface area contributed by atoms with E-state index in [0.717, 1.165) is 4.47 Å². The number of ether oxygens (including phenoxy) is 2. The Hall–Kier alpha value is -2.26. The smallest absolute Gasteiger partial charge is 0.338 e. The van der Waals surface area contributed by atoms with E-state index < -0.39 is 40.8 Å². The number of amides is 1. The van der Waals surface area contributed by atoms with Crippen molar-refractivity contribution in [3.63, 3.8) is 0 Å². The molecule has 148 valence electrons. The van der Waals surface area contributed by atoms with Crippen LogP contribution in [0, 0.1) is 11.8 Å². The quantitative estimate of drug-likeness (QED) is 0.515. The standard InChI is InChI=1S/C19H19BrN2O6/c1-27-16(25)19(17(26)28-2)11-4-3-5-13(23)14(11)18(22-19)10-7-6-9(20)8-12(10)21-15(18)24/h6-8,11,14,22H,3-5H2,1-2H3,(H,21,24)/t11-,14-,18+/m1/s1. The Morgan fingerprint density at radius 3 is 2.50 bits per heavy atom. The second-order valence-electron chi connectivity index (χ2n) is 7.31. The van der Waals surface area contributed by atoms with Gasteiger partial charge in [0.15, 0.2) is 0 Å². The van der Waals surface area contributed by atoms with Crippen LogP contribution in [0.15, 0.2) is 22.7 Å². The van der Waals surface area contributed by atoms with E-state index in [4.69, 9.17) is 9.47 Å². The number of fused-ring (bicyclic) bond motifs is 4. The highest BCUT2D eigenvalue weighted by Gasteiger charge is 2.75. The fraction of sp³-hybridized carbons (Fsp3) is 0.474. The van der Waals surface area contributed by atoms with E-state index in [9.17, 15) is 19.2 Å². The summed E-state index contributed by atoms with van der Waals surface area (Å²) in [6.45, 7) is 0. The molecular formula is C19H19BrN2O6. The second kappa shape index (κ2) is 6.38. The molecule has 2 aliphatic heterocycles. The number of ketones is 1. The van der Waals surface area contributed by atoms with Crippen LogP contribution >= 0.6 is 15.9 Å². The summed E-state index contributed by atoms with van der Waals surface area (Å²) in [6.07, 6.45) is 1.21. The second-order valence-corrected chi connectivity index (χ2v) is 8.23. The zero-order valence-electron chi connectivity index (χ0n) is 15.3. The molecule has 8 nitrogen and oxygen atoms in total. The summed E-state index contributed by atoms with van der Waals surface area (Å²) in [5.74, 6) is -4.00. The van der Waals surface area contributed by atoms with Crippen molar-refractivity contribution in [2.45, 2.75) is 30.3 Å². The Morgan fingerprint density at radius 2 is 1.86 bits per heavy atom. The van der Waals surface area contributed by atoms with Crippen molar-refractivity contribution in [3.8, 4) is 0 Å². The molecule has 1 aromatic rings. The number of hydrogen-bond donors (Lipinski definition) is 2. The minimum atomic E-state index is -1.93. The van der Waals surface area contributed by atoms with Crippen LogP contribution in [0.1, 0.15) is 24.8 Å². The number of nitrogens with one attached hydrogen (secondary N) is 2. The van der Waals surface area contributed by atoms with Gasteiger partial charge in [-0.1, -0.05) is 22.0 Å². The summed E-state index contributed by atoms with van der Waals surface area (Å²) in [7, 11) is 2.33. The monoisotopic (exact) mass is 450 g/mol. The molecule has 1 aromatic carbocycles. The maximum Gasteiger partial charge on any atom is 0.338 e. The summed E-state index contributed by atoms with van der Waals surface area (Å²) in [5, 5.41) is 5.77.